The van der Waals surface area contributed by atoms with Crippen molar-refractivity contribution < 1.29 is 28.2 Å². The van der Waals surface area contributed by atoms with Gasteiger partial charge in [-0.15, -0.1) is 0 Å². The number of ketones is 1. The molecule has 0 unspecified atom stereocenters. The Morgan fingerprint density at radius 3 is 2.53 bits per heavy atom. The van der Waals surface area contributed by atoms with Crippen molar-refractivity contribution in [1.82, 2.24) is 0 Å². The fourth-order valence-electron chi connectivity index (χ4n) is 3.81. The van der Waals surface area contributed by atoms with E-state index in [1.54, 1.807) is 36.4 Å². The maximum absolute atomic E-state index is 14.2. The van der Waals surface area contributed by atoms with E-state index in [9.17, 15) is 18.8 Å². The molecule has 5 rings (SSSR count). The van der Waals surface area contributed by atoms with Gasteiger partial charge in [-0.1, -0.05) is 6.07 Å². The maximum atomic E-state index is 14.2. The molecule has 3 aromatic rings. The molecule has 1 heterocycles. The Bertz CT molecular complexity index is 1330. The van der Waals surface area contributed by atoms with Crippen LogP contribution in [0.1, 0.15) is 44.7 Å². The molecule has 8 heteroatoms. The van der Waals surface area contributed by atoms with Gasteiger partial charge in [0.25, 0.3) is 0 Å². The number of anilines is 3. The van der Waals surface area contributed by atoms with Gasteiger partial charge in [0.15, 0.2) is 5.78 Å². The number of carbonyl (C=O) groups excluding carboxylic acids is 3. The van der Waals surface area contributed by atoms with Gasteiger partial charge in [-0.25, -0.2) is 9.18 Å². The average molecular weight is 460 g/mol. The molecule has 1 aliphatic heterocycles. The van der Waals surface area contributed by atoms with E-state index < -0.39 is 11.8 Å². The summed E-state index contributed by atoms with van der Waals surface area (Å²) in [6.07, 6.45) is 1.65. The van der Waals surface area contributed by atoms with E-state index in [1.165, 1.54) is 25.3 Å². The summed E-state index contributed by atoms with van der Waals surface area (Å²) in [5, 5.41) is 5.79. The molecule has 7 nitrogen and oxygen atoms in total. The topological polar surface area (TPSA) is 93.7 Å². The Labute approximate surface area is 194 Å². The lowest BCUT2D eigenvalue weighted by molar-refractivity contribution is -0.117. The first-order valence-corrected chi connectivity index (χ1v) is 10.8. The molecule has 172 valence electrons. The Morgan fingerprint density at radius 1 is 1.00 bits per heavy atom. The van der Waals surface area contributed by atoms with Crippen LogP contribution in [0.25, 0.3) is 0 Å². The van der Waals surface area contributed by atoms with Crippen LogP contribution in [0.2, 0.25) is 0 Å². The van der Waals surface area contributed by atoms with Crippen molar-refractivity contribution in [3.8, 4) is 5.75 Å². The molecule has 0 aromatic heterocycles. The van der Waals surface area contributed by atoms with Crippen LogP contribution in [0.5, 0.6) is 5.75 Å². The molecule has 0 bridgehead atoms. The van der Waals surface area contributed by atoms with Gasteiger partial charge in [-0.3, -0.25) is 9.59 Å². The molecule has 0 atom stereocenters. The summed E-state index contributed by atoms with van der Waals surface area (Å²) >= 11 is 0. The van der Waals surface area contributed by atoms with Crippen LogP contribution in [0.3, 0.4) is 0 Å². The Kier molecular flexibility index (Phi) is 5.49. The van der Waals surface area contributed by atoms with Crippen molar-refractivity contribution in [1.29, 1.82) is 0 Å². The van der Waals surface area contributed by atoms with Crippen LogP contribution >= 0.6 is 0 Å². The molecular weight excluding hydrogens is 439 g/mol. The van der Waals surface area contributed by atoms with Crippen molar-refractivity contribution in [3.05, 3.63) is 82.7 Å². The standard InChI is InChI=1S/C26H21FN2O5/c1-33-26(32)15-4-5-16-13-34-23-12-18(6-8-19(23)24(30)20(16)10-15)28-17-7-9-21(27)22(11-17)29-25(31)14-2-3-14/h4-12,14,28H,2-3,13H2,1H3,(H,29,31). The lowest BCUT2D eigenvalue weighted by atomic mass is 9.97. The fraction of sp³-hybridized carbons (Fsp3) is 0.192. The molecule has 2 N–H and O–H groups in total. The van der Waals surface area contributed by atoms with Gasteiger partial charge < -0.3 is 20.1 Å². The Hall–Kier alpha value is -4.20. The predicted molar refractivity (Wildman–Crippen MR) is 123 cm³/mol. The molecule has 1 fully saturated rings. The summed E-state index contributed by atoms with van der Waals surface area (Å²) in [5.74, 6) is -1.13. The van der Waals surface area contributed by atoms with Crippen LogP contribution < -0.4 is 15.4 Å². The zero-order valence-electron chi connectivity index (χ0n) is 18.3. The van der Waals surface area contributed by atoms with E-state index in [-0.39, 0.29) is 35.5 Å². The summed E-state index contributed by atoms with van der Waals surface area (Å²) in [7, 11) is 1.29. The fourth-order valence-corrected chi connectivity index (χ4v) is 3.81. The van der Waals surface area contributed by atoms with Crippen LogP contribution in [0, 0.1) is 11.7 Å². The zero-order chi connectivity index (χ0) is 23.8. The number of fused-ring (bicyclic) bond motifs is 2. The number of hydrogen-bond acceptors (Lipinski definition) is 6. The van der Waals surface area contributed by atoms with Crippen molar-refractivity contribution in [2.75, 3.05) is 17.7 Å². The second-order valence-corrected chi connectivity index (χ2v) is 8.28. The summed E-state index contributed by atoms with van der Waals surface area (Å²) in [6, 6.07) is 14.2. The van der Waals surface area contributed by atoms with Gasteiger partial charge in [0, 0.05) is 34.5 Å². The van der Waals surface area contributed by atoms with Gasteiger partial charge in [0.05, 0.1) is 23.9 Å². The monoisotopic (exact) mass is 460 g/mol. The quantitative estimate of drug-likeness (QED) is 0.530. The molecule has 3 aromatic carbocycles. The maximum Gasteiger partial charge on any atom is 0.337 e. The van der Waals surface area contributed by atoms with Crippen molar-refractivity contribution in [3.63, 3.8) is 0 Å². The van der Waals surface area contributed by atoms with E-state index >= 15 is 0 Å². The number of methoxy groups -OCH3 is 1. The zero-order valence-corrected chi connectivity index (χ0v) is 18.3. The number of halogens is 1. The number of carbonyl (C=O) groups is 3. The molecule has 34 heavy (non-hydrogen) atoms. The van der Waals surface area contributed by atoms with Crippen molar-refractivity contribution >= 4 is 34.7 Å². The van der Waals surface area contributed by atoms with Crippen LogP contribution in [0.4, 0.5) is 21.5 Å². The number of hydrogen-bond donors (Lipinski definition) is 2. The third kappa shape index (κ3) is 4.22. The Balaban J connectivity index is 1.39. The summed E-state index contributed by atoms with van der Waals surface area (Å²) in [5.41, 5.74) is 3.01. The summed E-state index contributed by atoms with van der Waals surface area (Å²) in [4.78, 5) is 37.1. The highest BCUT2D eigenvalue weighted by Crippen LogP contribution is 2.34. The normalized spacial score (nSPS) is 14.2. The number of benzene rings is 3. The van der Waals surface area contributed by atoms with Crippen molar-refractivity contribution in [2.45, 2.75) is 19.4 Å². The van der Waals surface area contributed by atoms with E-state index in [4.69, 9.17) is 9.47 Å². The van der Waals surface area contributed by atoms with E-state index in [2.05, 4.69) is 10.6 Å². The van der Waals surface area contributed by atoms with Gasteiger partial charge in [0.1, 0.15) is 18.2 Å². The van der Waals surface area contributed by atoms with E-state index in [0.717, 1.165) is 12.8 Å². The third-order valence-electron chi connectivity index (χ3n) is 5.85. The highest BCUT2D eigenvalue weighted by Gasteiger charge is 2.30. The average Bonchev–Trinajstić information content (AvgIpc) is 3.70. The minimum absolute atomic E-state index is 0.0388. The molecular formula is C26H21FN2O5. The van der Waals surface area contributed by atoms with E-state index in [0.29, 0.717) is 33.8 Å². The molecule has 0 radical (unpaired) electrons. The highest BCUT2D eigenvalue weighted by atomic mass is 19.1. The number of rotatable bonds is 5. The number of ether oxygens (including phenoxy) is 2. The summed E-state index contributed by atoms with van der Waals surface area (Å²) < 4.78 is 24.8. The predicted octanol–water partition coefficient (Wildman–Crippen LogP) is 4.83. The molecule has 0 spiro atoms. The van der Waals surface area contributed by atoms with Crippen LogP contribution in [0.15, 0.2) is 54.6 Å². The number of amides is 1. The minimum atomic E-state index is -0.521. The van der Waals surface area contributed by atoms with Crippen molar-refractivity contribution in [2.24, 2.45) is 5.92 Å². The molecule has 2 aliphatic rings. The number of esters is 1. The SMILES string of the molecule is COC(=O)c1ccc2c(c1)C(=O)c1ccc(Nc3ccc(F)c(NC(=O)C4CC4)c3)cc1OC2. The first kappa shape index (κ1) is 21.6. The van der Waals surface area contributed by atoms with E-state index in [1.807, 2.05) is 0 Å². The highest BCUT2D eigenvalue weighted by molar-refractivity contribution is 6.13. The minimum Gasteiger partial charge on any atom is -0.488 e. The molecule has 1 amide bonds. The van der Waals surface area contributed by atoms with Gasteiger partial charge >= 0.3 is 5.97 Å². The third-order valence-corrected chi connectivity index (χ3v) is 5.85. The first-order valence-electron chi connectivity index (χ1n) is 10.8. The second kappa shape index (κ2) is 8.62. The van der Waals surface area contributed by atoms with Gasteiger partial charge in [0.2, 0.25) is 5.91 Å². The number of nitrogens with one attached hydrogen (secondary N) is 2. The Morgan fingerprint density at radius 2 is 1.76 bits per heavy atom. The molecule has 1 saturated carbocycles. The second-order valence-electron chi connectivity index (χ2n) is 8.28. The molecule has 0 saturated heterocycles. The van der Waals surface area contributed by atoms with Crippen LogP contribution in [-0.4, -0.2) is 24.8 Å². The lowest BCUT2D eigenvalue weighted by Gasteiger charge is -2.13. The van der Waals surface area contributed by atoms with Gasteiger partial charge in [-0.2, -0.15) is 0 Å². The smallest absolute Gasteiger partial charge is 0.337 e. The largest absolute Gasteiger partial charge is 0.488 e. The summed E-state index contributed by atoms with van der Waals surface area (Å²) in [6.45, 7) is 0.160. The first-order chi connectivity index (χ1) is 16.4. The van der Waals surface area contributed by atoms with Crippen LogP contribution in [-0.2, 0) is 16.1 Å². The van der Waals surface area contributed by atoms with Gasteiger partial charge in [-0.05, 0) is 55.3 Å². The molecule has 1 aliphatic carbocycles. The lowest BCUT2D eigenvalue weighted by Crippen LogP contribution is -2.14.